The molecule has 100 valence electrons. The van der Waals surface area contributed by atoms with Crippen molar-refractivity contribution in [3.63, 3.8) is 0 Å². The van der Waals surface area contributed by atoms with E-state index >= 15 is 0 Å². The average Bonchev–Trinajstić information content (AvgIpc) is 2.49. The van der Waals surface area contributed by atoms with Gasteiger partial charge in [0.2, 0.25) is 0 Å². The molecule has 2 N–H and O–H groups in total. The second-order valence-corrected chi connectivity index (χ2v) is 5.41. The van der Waals surface area contributed by atoms with Gasteiger partial charge < -0.3 is 5.73 Å². The number of benzene rings is 3. The molecule has 1 nitrogen and oxygen atoms in total. The standard InChI is InChI=1S/C18H16ClN/c1-12-14(9-5-11-17(12)19)18(20)16-10-4-7-13-6-2-3-8-15(13)16/h2-11,18H,20H2,1H3. The van der Waals surface area contributed by atoms with E-state index in [9.17, 15) is 0 Å². The molecular formula is C18H16ClN. The Morgan fingerprint density at radius 1 is 0.850 bits per heavy atom. The molecular weight excluding hydrogens is 266 g/mol. The molecule has 0 bridgehead atoms. The third kappa shape index (κ3) is 2.20. The van der Waals surface area contributed by atoms with E-state index in [0.717, 1.165) is 21.7 Å². The lowest BCUT2D eigenvalue weighted by atomic mass is 9.92. The summed E-state index contributed by atoms with van der Waals surface area (Å²) in [5.74, 6) is 0. The first kappa shape index (κ1) is 13.2. The van der Waals surface area contributed by atoms with Crippen molar-refractivity contribution in [1.29, 1.82) is 0 Å². The zero-order chi connectivity index (χ0) is 14.1. The third-order valence-corrected chi connectivity index (χ3v) is 4.21. The van der Waals surface area contributed by atoms with Crippen LogP contribution in [0.1, 0.15) is 22.7 Å². The summed E-state index contributed by atoms with van der Waals surface area (Å²) in [5.41, 5.74) is 9.75. The van der Waals surface area contributed by atoms with Crippen LogP contribution in [0, 0.1) is 6.92 Å². The minimum atomic E-state index is -0.167. The third-order valence-electron chi connectivity index (χ3n) is 3.80. The van der Waals surface area contributed by atoms with Gasteiger partial charge in [-0.3, -0.25) is 0 Å². The molecule has 0 saturated carbocycles. The number of hydrogen-bond acceptors (Lipinski definition) is 1. The van der Waals surface area contributed by atoms with Gasteiger partial charge in [-0.05, 0) is 40.5 Å². The lowest BCUT2D eigenvalue weighted by molar-refractivity contribution is 0.870. The van der Waals surface area contributed by atoms with Crippen molar-refractivity contribution in [2.45, 2.75) is 13.0 Å². The Labute approximate surface area is 124 Å². The number of rotatable bonds is 2. The summed E-state index contributed by atoms with van der Waals surface area (Å²) in [6.45, 7) is 2.02. The molecule has 0 fully saturated rings. The quantitative estimate of drug-likeness (QED) is 0.714. The molecule has 3 aromatic rings. The van der Waals surface area contributed by atoms with Crippen molar-refractivity contribution in [2.24, 2.45) is 5.73 Å². The van der Waals surface area contributed by atoms with Crippen molar-refractivity contribution >= 4 is 22.4 Å². The van der Waals surface area contributed by atoms with Crippen molar-refractivity contribution in [2.75, 3.05) is 0 Å². The molecule has 0 radical (unpaired) electrons. The molecule has 3 rings (SSSR count). The summed E-state index contributed by atoms with van der Waals surface area (Å²) >= 11 is 6.21. The first-order chi connectivity index (χ1) is 9.68. The van der Waals surface area contributed by atoms with Crippen LogP contribution < -0.4 is 5.73 Å². The smallest absolute Gasteiger partial charge is 0.0560 e. The minimum absolute atomic E-state index is 0.167. The molecule has 0 aliphatic heterocycles. The van der Waals surface area contributed by atoms with E-state index in [0.29, 0.717) is 0 Å². The Morgan fingerprint density at radius 2 is 1.50 bits per heavy atom. The summed E-state index contributed by atoms with van der Waals surface area (Å²) < 4.78 is 0. The largest absolute Gasteiger partial charge is 0.320 e. The molecule has 1 atom stereocenters. The topological polar surface area (TPSA) is 26.0 Å². The van der Waals surface area contributed by atoms with Crippen LogP contribution in [0.3, 0.4) is 0 Å². The van der Waals surface area contributed by atoms with Gasteiger partial charge in [-0.2, -0.15) is 0 Å². The van der Waals surface area contributed by atoms with Crippen LogP contribution in [0.2, 0.25) is 5.02 Å². The SMILES string of the molecule is Cc1c(Cl)cccc1C(N)c1cccc2ccccc12. The van der Waals surface area contributed by atoms with E-state index in [1.165, 1.54) is 10.8 Å². The molecule has 0 amide bonds. The first-order valence-corrected chi connectivity index (χ1v) is 7.04. The highest BCUT2D eigenvalue weighted by Gasteiger charge is 2.15. The Hall–Kier alpha value is -1.83. The molecule has 0 aliphatic carbocycles. The fraction of sp³-hybridized carbons (Fsp3) is 0.111. The van der Waals surface area contributed by atoms with Gasteiger partial charge in [0.05, 0.1) is 6.04 Å². The summed E-state index contributed by atoms with van der Waals surface area (Å²) in [6, 6.07) is 20.3. The minimum Gasteiger partial charge on any atom is -0.320 e. The monoisotopic (exact) mass is 281 g/mol. The molecule has 0 spiro atoms. The fourth-order valence-electron chi connectivity index (χ4n) is 2.65. The Morgan fingerprint density at radius 3 is 2.35 bits per heavy atom. The number of fused-ring (bicyclic) bond motifs is 1. The molecule has 20 heavy (non-hydrogen) atoms. The summed E-state index contributed by atoms with van der Waals surface area (Å²) in [5, 5.41) is 3.17. The summed E-state index contributed by atoms with van der Waals surface area (Å²) in [6.07, 6.45) is 0. The highest BCUT2D eigenvalue weighted by molar-refractivity contribution is 6.31. The fourth-order valence-corrected chi connectivity index (χ4v) is 2.83. The molecule has 0 heterocycles. The van der Waals surface area contributed by atoms with Crippen LogP contribution in [0.15, 0.2) is 60.7 Å². The predicted molar refractivity (Wildman–Crippen MR) is 86.2 cm³/mol. The summed E-state index contributed by atoms with van der Waals surface area (Å²) in [4.78, 5) is 0. The van der Waals surface area contributed by atoms with Gasteiger partial charge >= 0.3 is 0 Å². The molecule has 3 aromatic carbocycles. The maximum absolute atomic E-state index is 6.49. The summed E-state index contributed by atoms with van der Waals surface area (Å²) in [7, 11) is 0. The van der Waals surface area contributed by atoms with Crippen molar-refractivity contribution in [1.82, 2.24) is 0 Å². The second-order valence-electron chi connectivity index (χ2n) is 5.00. The normalized spacial score (nSPS) is 12.6. The molecule has 1 unspecified atom stereocenters. The maximum atomic E-state index is 6.49. The van der Waals surface area contributed by atoms with Crippen LogP contribution in [0.5, 0.6) is 0 Å². The van der Waals surface area contributed by atoms with Gasteiger partial charge in [0.1, 0.15) is 0 Å². The molecule has 0 aliphatic rings. The van der Waals surface area contributed by atoms with Gasteiger partial charge in [0.25, 0.3) is 0 Å². The van der Waals surface area contributed by atoms with E-state index in [2.05, 4.69) is 30.3 Å². The number of hydrogen-bond donors (Lipinski definition) is 1. The highest BCUT2D eigenvalue weighted by Crippen LogP contribution is 2.31. The lowest BCUT2D eigenvalue weighted by Crippen LogP contribution is -2.13. The van der Waals surface area contributed by atoms with Crippen molar-refractivity contribution < 1.29 is 0 Å². The van der Waals surface area contributed by atoms with Gasteiger partial charge in [-0.1, -0.05) is 66.2 Å². The van der Waals surface area contributed by atoms with Gasteiger partial charge in [0, 0.05) is 5.02 Å². The first-order valence-electron chi connectivity index (χ1n) is 6.67. The maximum Gasteiger partial charge on any atom is 0.0560 e. The van der Waals surface area contributed by atoms with Crippen LogP contribution in [-0.2, 0) is 0 Å². The van der Waals surface area contributed by atoms with Crippen LogP contribution in [0.25, 0.3) is 10.8 Å². The van der Waals surface area contributed by atoms with E-state index in [1.54, 1.807) is 0 Å². The second kappa shape index (κ2) is 5.28. The Balaban J connectivity index is 2.18. The number of halogens is 1. The van der Waals surface area contributed by atoms with E-state index in [4.69, 9.17) is 17.3 Å². The average molecular weight is 282 g/mol. The van der Waals surface area contributed by atoms with Crippen LogP contribution >= 0.6 is 11.6 Å². The predicted octanol–water partition coefficient (Wildman–Crippen LogP) is 4.85. The zero-order valence-corrected chi connectivity index (χ0v) is 12.1. The van der Waals surface area contributed by atoms with E-state index in [1.807, 2.05) is 37.3 Å². The van der Waals surface area contributed by atoms with Crippen LogP contribution in [0.4, 0.5) is 0 Å². The van der Waals surface area contributed by atoms with E-state index < -0.39 is 0 Å². The van der Waals surface area contributed by atoms with Crippen molar-refractivity contribution in [3.05, 3.63) is 82.4 Å². The zero-order valence-electron chi connectivity index (χ0n) is 11.3. The lowest BCUT2D eigenvalue weighted by Gasteiger charge is -2.18. The van der Waals surface area contributed by atoms with Gasteiger partial charge in [0.15, 0.2) is 0 Å². The van der Waals surface area contributed by atoms with E-state index in [-0.39, 0.29) is 6.04 Å². The van der Waals surface area contributed by atoms with Gasteiger partial charge in [-0.25, -0.2) is 0 Å². The number of nitrogens with two attached hydrogens (primary N) is 1. The van der Waals surface area contributed by atoms with Crippen molar-refractivity contribution in [3.8, 4) is 0 Å². The van der Waals surface area contributed by atoms with Gasteiger partial charge in [-0.15, -0.1) is 0 Å². The molecule has 0 saturated heterocycles. The highest BCUT2D eigenvalue weighted by atomic mass is 35.5. The molecule has 2 heteroatoms. The van der Waals surface area contributed by atoms with Crippen LogP contribution in [-0.4, -0.2) is 0 Å². The Bertz CT molecular complexity index is 759. The Kier molecular flexibility index (Phi) is 3.47. The molecule has 0 aromatic heterocycles.